The topological polar surface area (TPSA) is 29.5 Å². The van der Waals surface area contributed by atoms with Gasteiger partial charge in [0.05, 0.1) is 5.56 Å². The van der Waals surface area contributed by atoms with E-state index in [4.69, 9.17) is 4.74 Å². The molecule has 6 heteroatoms. The number of likely N-dealkylation sites (tertiary alicyclic amines) is 1. The van der Waals surface area contributed by atoms with Crippen LogP contribution in [0.25, 0.3) is 17.2 Å². The summed E-state index contributed by atoms with van der Waals surface area (Å²) in [5.74, 6) is -4.27. The number of fused-ring (bicyclic) bond motifs is 1. The Labute approximate surface area is 183 Å². The van der Waals surface area contributed by atoms with E-state index >= 15 is 0 Å². The lowest BCUT2D eigenvalue weighted by molar-refractivity contribution is 0.0326. The number of nitrogens with zero attached hydrogens (tertiary/aromatic N) is 1. The molecule has 2 aliphatic rings. The van der Waals surface area contributed by atoms with E-state index in [1.54, 1.807) is 0 Å². The van der Waals surface area contributed by atoms with Crippen molar-refractivity contribution in [3.63, 3.8) is 0 Å². The lowest BCUT2D eigenvalue weighted by atomic mass is 9.87. The van der Waals surface area contributed by atoms with Gasteiger partial charge in [-0.2, -0.15) is 0 Å². The van der Waals surface area contributed by atoms with E-state index in [0.717, 1.165) is 34.6 Å². The summed E-state index contributed by atoms with van der Waals surface area (Å²) in [5, 5.41) is 0. The second-order valence-electron chi connectivity index (χ2n) is 8.13. The molecule has 0 saturated carbocycles. The first-order valence-corrected chi connectivity index (χ1v) is 10.5. The van der Waals surface area contributed by atoms with E-state index in [0.29, 0.717) is 25.9 Å². The van der Waals surface area contributed by atoms with Gasteiger partial charge in [-0.15, -0.1) is 0 Å². The summed E-state index contributed by atoms with van der Waals surface area (Å²) in [6.07, 6.45) is 5.09. The number of halogens is 3. The van der Waals surface area contributed by atoms with E-state index in [1.165, 1.54) is 4.90 Å². The summed E-state index contributed by atoms with van der Waals surface area (Å²) in [4.78, 5) is 14.1. The van der Waals surface area contributed by atoms with Crippen molar-refractivity contribution >= 4 is 12.0 Å². The van der Waals surface area contributed by atoms with Crippen LogP contribution in [0, 0.1) is 17.5 Å². The van der Waals surface area contributed by atoms with Gasteiger partial charge in [-0.1, -0.05) is 42.5 Å². The lowest BCUT2D eigenvalue weighted by Gasteiger charge is -2.42. The zero-order chi connectivity index (χ0) is 22.3. The summed E-state index contributed by atoms with van der Waals surface area (Å²) in [5.41, 5.74) is 2.20. The molecule has 5 rings (SSSR count). The maximum atomic E-state index is 14.0. The van der Waals surface area contributed by atoms with Gasteiger partial charge >= 0.3 is 0 Å². The van der Waals surface area contributed by atoms with Gasteiger partial charge in [0, 0.05) is 31.5 Å². The first kappa shape index (κ1) is 20.4. The molecule has 162 valence electrons. The first-order valence-electron chi connectivity index (χ1n) is 10.5. The fraction of sp³-hybridized carbons (Fsp3) is 0.192. The molecular weight excluding hydrogens is 415 g/mol. The Morgan fingerprint density at radius 2 is 1.62 bits per heavy atom. The Kier molecular flexibility index (Phi) is 5.00. The molecule has 3 aromatic rings. The molecule has 1 saturated heterocycles. The van der Waals surface area contributed by atoms with Crippen molar-refractivity contribution in [3.8, 4) is 16.9 Å². The zero-order valence-electron chi connectivity index (χ0n) is 17.2. The standard InChI is InChI=1S/C26H20F3NO2/c27-21-8-7-20(23(28)24(21)29)25(31)30-14-12-26(13-15-30)11-10-19-16-18(6-9-22(19)32-26)17-4-2-1-3-5-17/h1-11,16H,12-15H2. The highest BCUT2D eigenvalue weighted by Gasteiger charge is 2.38. The van der Waals surface area contributed by atoms with Gasteiger partial charge in [-0.3, -0.25) is 4.79 Å². The van der Waals surface area contributed by atoms with Crippen LogP contribution in [-0.4, -0.2) is 29.5 Å². The van der Waals surface area contributed by atoms with Crippen LogP contribution in [-0.2, 0) is 0 Å². The van der Waals surface area contributed by atoms with E-state index in [9.17, 15) is 18.0 Å². The molecule has 32 heavy (non-hydrogen) atoms. The van der Waals surface area contributed by atoms with Gasteiger partial charge < -0.3 is 9.64 Å². The number of carbonyl (C=O) groups excluding carboxylic acids is 1. The molecule has 0 aromatic heterocycles. The highest BCUT2D eigenvalue weighted by atomic mass is 19.2. The first-order chi connectivity index (χ1) is 15.5. The zero-order valence-corrected chi connectivity index (χ0v) is 17.2. The molecule has 3 aromatic carbocycles. The van der Waals surface area contributed by atoms with Crippen LogP contribution in [0.15, 0.2) is 66.7 Å². The van der Waals surface area contributed by atoms with Gasteiger partial charge in [0.2, 0.25) is 0 Å². The number of hydrogen-bond acceptors (Lipinski definition) is 2. The summed E-state index contributed by atoms with van der Waals surface area (Å²) in [7, 11) is 0. The van der Waals surface area contributed by atoms with Crippen molar-refractivity contribution in [3.05, 3.63) is 95.3 Å². The molecular formula is C26H20F3NO2. The minimum atomic E-state index is -1.63. The molecule has 0 radical (unpaired) electrons. The van der Waals surface area contributed by atoms with Gasteiger partial charge in [0.15, 0.2) is 17.5 Å². The van der Waals surface area contributed by atoms with Gasteiger partial charge in [-0.25, -0.2) is 13.2 Å². The van der Waals surface area contributed by atoms with Gasteiger partial charge in [-0.05, 0) is 41.5 Å². The summed E-state index contributed by atoms with van der Waals surface area (Å²) in [6, 6.07) is 17.9. The molecule has 1 amide bonds. The molecule has 2 heterocycles. The van der Waals surface area contributed by atoms with Crippen molar-refractivity contribution in [2.24, 2.45) is 0 Å². The third-order valence-electron chi connectivity index (χ3n) is 6.16. The monoisotopic (exact) mass is 435 g/mol. The Bertz CT molecular complexity index is 1220. The molecule has 1 fully saturated rings. The van der Waals surface area contributed by atoms with Crippen LogP contribution >= 0.6 is 0 Å². The Balaban J connectivity index is 1.31. The van der Waals surface area contributed by atoms with Crippen molar-refractivity contribution < 1.29 is 22.7 Å². The number of ether oxygens (including phenoxy) is 1. The van der Waals surface area contributed by atoms with E-state index < -0.39 is 34.5 Å². The second-order valence-corrected chi connectivity index (χ2v) is 8.13. The van der Waals surface area contributed by atoms with Gasteiger partial charge in [0.25, 0.3) is 5.91 Å². The molecule has 0 aliphatic carbocycles. The molecule has 0 atom stereocenters. The molecule has 1 spiro atoms. The Hall–Kier alpha value is -3.54. The smallest absolute Gasteiger partial charge is 0.256 e. The van der Waals surface area contributed by atoms with Crippen molar-refractivity contribution in [1.29, 1.82) is 0 Å². The third-order valence-corrected chi connectivity index (χ3v) is 6.16. The van der Waals surface area contributed by atoms with E-state index in [1.807, 2.05) is 42.5 Å². The van der Waals surface area contributed by atoms with Crippen LogP contribution in [0.1, 0.15) is 28.8 Å². The quantitative estimate of drug-likeness (QED) is 0.473. The van der Waals surface area contributed by atoms with Gasteiger partial charge in [0.1, 0.15) is 11.4 Å². The van der Waals surface area contributed by atoms with Crippen molar-refractivity contribution in [2.75, 3.05) is 13.1 Å². The number of amides is 1. The number of carbonyl (C=O) groups is 1. The Morgan fingerprint density at radius 1 is 0.875 bits per heavy atom. The molecule has 2 aliphatic heterocycles. The van der Waals surface area contributed by atoms with Crippen LogP contribution in [0.2, 0.25) is 0 Å². The number of hydrogen-bond donors (Lipinski definition) is 0. The number of rotatable bonds is 2. The fourth-order valence-corrected chi connectivity index (χ4v) is 4.29. The van der Waals surface area contributed by atoms with Crippen LogP contribution < -0.4 is 4.74 Å². The van der Waals surface area contributed by atoms with E-state index in [2.05, 4.69) is 18.2 Å². The van der Waals surface area contributed by atoms with Crippen molar-refractivity contribution in [1.82, 2.24) is 4.90 Å². The average molecular weight is 435 g/mol. The number of piperidine rings is 1. The normalized spacial score (nSPS) is 16.5. The largest absolute Gasteiger partial charge is 0.482 e. The highest BCUT2D eigenvalue weighted by Crippen LogP contribution is 2.39. The second kappa shape index (κ2) is 7.86. The SMILES string of the molecule is O=C(c1ccc(F)c(F)c1F)N1CCC2(C=Cc3cc(-c4ccccc4)ccc3O2)CC1. The molecule has 3 nitrogen and oxygen atoms in total. The summed E-state index contributed by atoms with van der Waals surface area (Å²) >= 11 is 0. The molecule has 0 N–H and O–H groups in total. The van der Waals surface area contributed by atoms with Crippen LogP contribution in [0.4, 0.5) is 13.2 Å². The Morgan fingerprint density at radius 3 is 2.38 bits per heavy atom. The van der Waals surface area contributed by atoms with Crippen LogP contribution in [0.5, 0.6) is 5.75 Å². The maximum absolute atomic E-state index is 14.0. The predicted molar refractivity (Wildman–Crippen MR) is 116 cm³/mol. The predicted octanol–water partition coefficient (Wildman–Crippen LogP) is 5.85. The third kappa shape index (κ3) is 3.55. The highest BCUT2D eigenvalue weighted by molar-refractivity contribution is 5.94. The maximum Gasteiger partial charge on any atom is 0.256 e. The molecule has 0 bridgehead atoms. The number of benzene rings is 3. The summed E-state index contributed by atoms with van der Waals surface area (Å²) < 4.78 is 47.1. The lowest BCUT2D eigenvalue weighted by Crippen LogP contribution is -2.49. The summed E-state index contributed by atoms with van der Waals surface area (Å²) in [6.45, 7) is 0.637. The van der Waals surface area contributed by atoms with E-state index in [-0.39, 0.29) is 0 Å². The van der Waals surface area contributed by atoms with Crippen molar-refractivity contribution in [2.45, 2.75) is 18.4 Å². The minimum Gasteiger partial charge on any atom is -0.482 e. The molecule has 0 unspecified atom stereocenters. The minimum absolute atomic E-state index is 0.318. The van der Waals surface area contributed by atoms with Crippen LogP contribution in [0.3, 0.4) is 0 Å². The fourth-order valence-electron chi connectivity index (χ4n) is 4.29. The average Bonchev–Trinajstić information content (AvgIpc) is 2.83.